The van der Waals surface area contributed by atoms with Gasteiger partial charge < -0.3 is 21.7 Å². The van der Waals surface area contributed by atoms with Crippen LogP contribution >= 0.6 is 0 Å². The molecule has 3 unspecified atom stereocenters. The number of hydrogen-bond donors (Lipinski definition) is 4. The van der Waals surface area contributed by atoms with Gasteiger partial charge in [0.25, 0.3) is 0 Å². The first-order valence-corrected chi connectivity index (χ1v) is 4.88. The summed E-state index contributed by atoms with van der Waals surface area (Å²) in [5, 5.41) is 9.62. The predicted octanol–water partition coefficient (Wildman–Crippen LogP) is -0.533. The second-order valence-corrected chi connectivity index (χ2v) is 3.49. The SMILES string of the molecule is CCC(N)(NC)C(NC)C(C)NC. The summed E-state index contributed by atoms with van der Waals surface area (Å²) in [6.07, 6.45) is 0.890. The summed E-state index contributed by atoms with van der Waals surface area (Å²) in [6, 6.07) is 0.551. The molecule has 0 aliphatic rings. The maximum atomic E-state index is 6.21. The molecule has 5 N–H and O–H groups in total. The first-order chi connectivity index (χ1) is 6.05. The molecule has 0 bridgehead atoms. The molecular formula is C9H24N4. The Bertz CT molecular complexity index is 134. The minimum absolute atomic E-state index is 0.215. The molecule has 0 saturated heterocycles. The highest BCUT2D eigenvalue weighted by molar-refractivity contribution is 4.96. The fourth-order valence-electron chi connectivity index (χ4n) is 1.67. The third kappa shape index (κ3) is 2.91. The van der Waals surface area contributed by atoms with Crippen LogP contribution in [0.5, 0.6) is 0 Å². The number of rotatable bonds is 6. The third-order valence-corrected chi connectivity index (χ3v) is 2.87. The van der Waals surface area contributed by atoms with E-state index in [1.165, 1.54) is 0 Å². The summed E-state index contributed by atoms with van der Waals surface area (Å²) >= 11 is 0. The van der Waals surface area contributed by atoms with Crippen LogP contribution < -0.4 is 21.7 Å². The Balaban J connectivity index is 4.51. The summed E-state index contributed by atoms with van der Waals surface area (Å²) in [5.74, 6) is 0. The van der Waals surface area contributed by atoms with Crippen molar-refractivity contribution in [1.29, 1.82) is 0 Å². The summed E-state index contributed by atoms with van der Waals surface area (Å²) < 4.78 is 0. The molecule has 0 saturated carbocycles. The standard InChI is InChI=1S/C9H24N4/c1-6-9(10,13-5)8(12-4)7(2)11-3/h7-8,11-13H,6,10H2,1-5H3. The Morgan fingerprint density at radius 2 is 1.77 bits per heavy atom. The van der Waals surface area contributed by atoms with Crippen molar-refractivity contribution < 1.29 is 0 Å². The maximum Gasteiger partial charge on any atom is 0.0829 e. The quantitative estimate of drug-likeness (QED) is 0.423. The van der Waals surface area contributed by atoms with Gasteiger partial charge in [-0.1, -0.05) is 6.92 Å². The molecule has 4 heteroatoms. The molecule has 4 nitrogen and oxygen atoms in total. The van der Waals surface area contributed by atoms with Crippen LogP contribution in [-0.2, 0) is 0 Å². The van der Waals surface area contributed by atoms with Gasteiger partial charge in [0.2, 0.25) is 0 Å². The van der Waals surface area contributed by atoms with Crippen LogP contribution in [0.3, 0.4) is 0 Å². The van der Waals surface area contributed by atoms with Crippen LogP contribution in [-0.4, -0.2) is 38.9 Å². The molecule has 0 aromatic carbocycles. The molecule has 80 valence electrons. The van der Waals surface area contributed by atoms with E-state index in [2.05, 4.69) is 29.8 Å². The summed E-state index contributed by atoms with van der Waals surface area (Å²) in [7, 11) is 5.78. The average molecular weight is 188 g/mol. The predicted molar refractivity (Wildman–Crippen MR) is 57.6 cm³/mol. The smallest absolute Gasteiger partial charge is 0.0829 e. The first kappa shape index (κ1) is 12.8. The molecule has 3 atom stereocenters. The lowest BCUT2D eigenvalue weighted by molar-refractivity contribution is 0.217. The van der Waals surface area contributed by atoms with Gasteiger partial charge in [0.1, 0.15) is 0 Å². The maximum absolute atomic E-state index is 6.21. The molecule has 0 aliphatic carbocycles. The third-order valence-electron chi connectivity index (χ3n) is 2.87. The van der Waals surface area contributed by atoms with Crippen LogP contribution in [0.15, 0.2) is 0 Å². The minimum atomic E-state index is -0.350. The Kier molecular flexibility index (Phi) is 5.48. The van der Waals surface area contributed by atoms with Gasteiger partial charge in [-0.2, -0.15) is 0 Å². The van der Waals surface area contributed by atoms with Gasteiger partial charge in [-0.25, -0.2) is 0 Å². The van der Waals surface area contributed by atoms with Crippen molar-refractivity contribution in [2.45, 2.75) is 38.0 Å². The molecule has 0 rings (SSSR count). The highest BCUT2D eigenvalue weighted by Crippen LogP contribution is 2.10. The molecule has 0 aromatic heterocycles. The van der Waals surface area contributed by atoms with Crippen molar-refractivity contribution in [2.24, 2.45) is 5.73 Å². The Hall–Kier alpha value is -0.160. The van der Waals surface area contributed by atoms with Gasteiger partial charge in [0.15, 0.2) is 0 Å². The lowest BCUT2D eigenvalue weighted by atomic mass is 9.92. The zero-order valence-electron chi connectivity index (χ0n) is 9.44. The van der Waals surface area contributed by atoms with Crippen molar-refractivity contribution in [3.8, 4) is 0 Å². The van der Waals surface area contributed by atoms with Gasteiger partial charge in [0.05, 0.1) is 11.7 Å². The monoisotopic (exact) mass is 188 g/mol. The molecule has 0 aromatic rings. The Morgan fingerprint density at radius 1 is 1.23 bits per heavy atom. The molecular weight excluding hydrogens is 164 g/mol. The Morgan fingerprint density at radius 3 is 2.00 bits per heavy atom. The lowest BCUT2D eigenvalue weighted by Gasteiger charge is -2.39. The summed E-state index contributed by atoms with van der Waals surface area (Å²) in [5.41, 5.74) is 5.86. The minimum Gasteiger partial charge on any atom is -0.316 e. The molecule has 0 amide bonds. The van der Waals surface area contributed by atoms with E-state index in [4.69, 9.17) is 5.73 Å². The van der Waals surface area contributed by atoms with E-state index < -0.39 is 0 Å². The first-order valence-electron chi connectivity index (χ1n) is 4.88. The van der Waals surface area contributed by atoms with Gasteiger partial charge in [-0.15, -0.1) is 0 Å². The fraction of sp³-hybridized carbons (Fsp3) is 1.00. The van der Waals surface area contributed by atoms with Crippen LogP contribution in [0, 0.1) is 0 Å². The van der Waals surface area contributed by atoms with Crippen molar-refractivity contribution in [1.82, 2.24) is 16.0 Å². The highest BCUT2D eigenvalue weighted by Gasteiger charge is 2.33. The number of hydrogen-bond acceptors (Lipinski definition) is 4. The number of nitrogens with one attached hydrogen (secondary N) is 3. The number of likely N-dealkylation sites (N-methyl/N-ethyl adjacent to an activating group) is 3. The number of nitrogens with two attached hydrogens (primary N) is 1. The highest BCUT2D eigenvalue weighted by atomic mass is 15.2. The van der Waals surface area contributed by atoms with E-state index in [0.29, 0.717) is 6.04 Å². The van der Waals surface area contributed by atoms with Gasteiger partial charge in [0, 0.05) is 6.04 Å². The van der Waals surface area contributed by atoms with Gasteiger partial charge >= 0.3 is 0 Å². The molecule has 0 heterocycles. The zero-order valence-corrected chi connectivity index (χ0v) is 9.44. The van der Waals surface area contributed by atoms with Crippen molar-refractivity contribution in [3.05, 3.63) is 0 Å². The summed E-state index contributed by atoms with van der Waals surface area (Å²) in [4.78, 5) is 0. The van der Waals surface area contributed by atoms with Gasteiger partial charge in [-0.05, 0) is 34.5 Å². The van der Waals surface area contributed by atoms with Crippen molar-refractivity contribution in [3.63, 3.8) is 0 Å². The van der Waals surface area contributed by atoms with Crippen LogP contribution in [0.1, 0.15) is 20.3 Å². The fourth-order valence-corrected chi connectivity index (χ4v) is 1.67. The molecule has 13 heavy (non-hydrogen) atoms. The second kappa shape index (κ2) is 5.54. The van der Waals surface area contributed by atoms with E-state index >= 15 is 0 Å². The Labute approximate surface area is 81.6 Å². The van der Waals surface area contributed by atoms with Gasteiger partial charge in [-0.3, -0.25) is 0 Å². The largest absolute Gasteiger partial charge is 0.316 e. The van der Waals surface area contributed by atoms with E-state index in [9.17, 15) is 0 Å². The van der Waals surface area contributed by atoms with E-state index in [0.717, 1.165) is 6.42 Å². The van der Waals surface area contributed by atoms with E-state index in [1.807, 2.05) is 21.1 Å². The molecule has 0 radical (unpaired) electrons. The van der Waals surface area contributed by atoms with Crippen LogP contribution in [0.2, 0.25) is 0 Å². The average Bonchev–Trinajstić information content (AvgIpc) is 2.18. The van der Waals surface area contributed by atoms with Crippen molar-refractivity contribution >= 4 is 0 Å². The molecule has 0 spiro atoms. The second-order valence-electron chi connectivity index (χ2n) is 3.49. The lowest BCUT2D eigenvalue weighted by Crippen LogP contribution is -2.69. The zero-order chi connectivity index (χ0) is 10.5. The normalized spacial score (nSPS) is 20.8. The topological polar surface area (TPSA) is 62.1 Å². The summed E-state index contributed by atoms with van der Waals surface area (Å²) in [6.45, 7) is 4.21. The molecule has 0 fully saturated rings. The van der Waals surface area contributed by atoms with E-state index in [-0.39, 0.29) is 11.7 Å². The van der Waals surface area contributed by atoms with Crippen LogP contribution in [0.4, 0.5) is 0 Å². The van der Waals surface area contributed by atoms with Crippen LogP contribution in [0.25, 0.3) is 0 Å². The van der Waals surface area contributed by atoms with Crippen molar-refractivity contribution in [2.75, 3.05) is 21.1 Å². The molecule has 0 aliphatic heterocycles. The van der Waals surface area contributed by atoms with E-state index in [1.54, 1.807) is 0 Å².